The van der Waals surface area contributed by atoms with E-state index >= 15 is 0 Å². The molecule has 2 amide bonds. The number of para-hydroxylation sites is 1. The molecule has 130 valence electrons. The molecular weight excluding hydrogens is 318 g/mol. The van der Waals surface area contributed by atoms with E-state index in [1.54, 1.807) is 22.2 Å². The second-order valence-electron chi connectivity index (χ2n) is 6.09. The average Bonchev–Trinajstić information content (AvgIpc) is 2.65. The van der Waals surface area contributed by atoms with Crippen LogP contribution in [0.5, 0.6) is 0 Å². The number of amides is 2. The number of benzene rings is 1. The molecule has 0 bridgehead atoms. The van der Waals surface area contributed by atoms with Crippen LogP contribution >= 0.6 is 0 Å². The summed E-state index contributed by atoms with van der Waals surface area (Å²) < 4.78 is 0. The van der Waals surface area contributed by atoms with Crippen molar-refractivity contribution >= 4 is 17.7 Å². The molecular formula is C19H21N3O3. The number of anilines is 1. The Kier molecular flexibility index (Phi) is 5.28. The summed E-state index contributed by atoms with van der Waals surface area (Å²) in [6, 6.07) is 11.4. The van der Waals surface area contributed by atoms with Crippen molar-refractivity contribution in [3.05, 3.63) is 59.9 Å². The van der Waals surface area contributed by atoms with Crippen molar-refractivity contribution in [2.75, 3.05) is 18.0 Å². The maximum atomic E-state index is 13.1. The molecule has 1 aromatic heterocycles. The van der Waals surface area contributed by atoms with Crippen molar-refractivity contribution in [3.8, 4) is 0 Å². The zero-order valence-electron chi connectivity index (χ0n) is 14.0. The molecule has 1 N–H and O–H groups in total. The van der Waals surface area contributed by atoms with E-state index in [2.05, 4.69) is 4.98 Å². The monoisotopic (exact) mass is 339 g/mol. The van der Waals surface area contributed by atoms with E-state index in [-0.39, 0.29) is 19.0 Å². The molecule has 0 atom stereocenters. The minimum absolute atomic E-state index is 0.0819. The Labute approximate surface area is 146 Å². The second kappa shape index (κ2) is 7.79. The zero-order chi connectivity index (χ0) is 17.6. The molecule has 0 fully saturated rings. The van der Waals surface area contributed by atoms with Crippen LogP contribution in [0.4, 0.5) is 10.5 Å². The number of hydrogen-bond donors (Lipinski definition) is 1. The lowest BCUT2D eigenvalue weighted by atomic mass is 10.0. The number of carboxylic acids is 1. The molecule has 3 rings (SSSR count). The molecule has 2 aromatic rings. The highest BCUT2D eigenvalue weighted by Gasteiger charge is 2.26. The number of urea groups is 1. The van der Waals surface area contributed by atoms with Gasteiger partial charge in [0.1, 0.15) is 0 Å². The first-order valence-corrected chi connectivity index (χ1v) is 8.40. The number of nitrogens with zero attached hydrogens (tertiary/aromatic N) is 3. The fraction of sp³-hybridized carbons (Fsp3) is 0.316. The molecule has 0 saturated carbocycles. The maximum Gasteiger partial charge on any atom is 0.324 e. The molecule has 6 nitrogen and oxygen atoms in total. The highest BCUT2D eigenvalue weighted by Crippen LogP contribution is 2.28. The standard InChI is InChI=1S/C19H21N3O3/c23-18(24)9-12-21(14-15-5-3-10-20-13-15)19(25)22-11-4-7-16-6-1-2-8-17(16)22/h1-3,5-6,8,10,13H,4,7,9,11-12,14H2,(H,23,24). The van der Waals surface area contributed by atoms with E-state index in [1.165, 1.54) is 0 Å². The number of fused-ring (bicyclic) bond motifs is 1. The van der Waals surface area contributed by atoms with Gasteiger partial charge in [-0.1, -0.05) is 24.3 Å². The average molecular weight is 339 g/mol. The van der Waals surface area contributed by atoms with Crippen LogP contribution in [0.3, 0.4) is 0 Å². The van der Waals surface area contributed by atoms with Crippen LogP contribution in [0.2, 0.25) is 0 Å². The topological polar surface area (TPSA) is 73.7 Å². The van der Waals surface area contributed by atoms with Crippen LogP contribution in [0.25, 0.3) is 0 Å². The van der Waals surface area contributed by atoms with Gasteiger partial charge in [-0.2, -0.15) is 0 Å². The number of aromatic nitrogens is 1. The Morgan fingerprint density at radius 2 is 2.04 bits per heavy atom. The quantitative estimate of drug-likeness (QED) is 0.909. The van der Waals surface area contributed by atoms with Gasteiger partial charge in [-0.25, -0.2) is 4.79 Å². The molecule has 0 saturated heterocycles. The molecule has 1 aromatic carbocycles. The van der Waals surface area contributed by atoms with Gasteiger partial charge in [0, 0.05) is 37.7 Å². The lowest BCUT2D eigenvalue weighted by Crippen LogP contribution is -2.46. The molecule has 0 spiro atoms. The fourth-order valence-corrected chi connectivity index (χ4v) is 3.09. The lowest BCUT2D eigenvalue weighted by Gasteiger charge is -2.34. The van der Waals surface area contributed by atoms with Crippen molar-refractivity contribution in [1.29, 1.82) is 0 Å². The van der Waals surface area contributed by atoms with E-state index in [4.69, 9.17) is 5.11 Å². The van der Waals surface area contributed by atoms with E-state index in [9.17, 15) is 9.59 Å². The maximum absolute atomic E-state index is 13.1. The van der Waals surface area contributed by atoms with E-state index in [0.717, 1.165) is 29.7 Å². The third kappa shape index (κ3) is 4.15. The van der Waals surface area contributed by atoms with Crippen molar-refractivity contribution in [2.45, 2.75) is 25.8 Å². The van der Waals surface area contributed by atoms with Gasteiger partial charge in [0.05, 0.1) is 6.42 Å². The van der Waals surface area contributed by atoms with Gasteiger partial charge in [-0.05, 0) is 36.1 Å². The summed E-state index contributed by atoms with van der Waals surface area (Å²) in [5.74, 6) is -0.914. The Bertz CT molecular complexity index is 749. The number of rotatable bonds is 5. The first kappa shape index (κ1) is 17.0. The van der Waals surface area contributed by atoms with Crippen LogP contribution in [-0.4, -0.2) is 40.1 Å². The Morgan fingerprint density at radius 1 is 1.20 bits per heavy atom. The predicted molar refractivity (Wildman–Crippen MR) is 94.4 cm³/mol. The van der Waals surface area contributed by atoms with Gasteiger partial charge >= 0.3 is 12.0 Å². The molecule has 1 aliphatic rings. The molecule has 25 heavy (non-hydrogen) atoms. The number of aliphatic carboxylic acids is 1. The largest absolute Gasteiger partial charge is 0.481 e. The van der Waals surface area contributed by atoms with Crippen molar-refractivity contribution in [2.24, 2.45) is 0 Å². The van der Waals surface area contributed by atoms with Crippen LogP contribution in [0.15, 0.2) is 48.8 Å². The minimum Gasteiger partial charge on any atom is -0.481 e. The zero-order valence-corrected chi connectivity index (χ0v) is 14.0. The van der Waals surface area contributed by atoms with E-state index in [1.807, 2.05) is 36.4 Å². The first-order valence-electron chi connectivity index (χ1n) is 8.40. The first-order chi connectivity index (χ1) is 12.1. The Morgan fingerprint density at radius 3 is 2.80 bits per heavy atom. The highest BCUT2D eigenvalue weighted by atomic mass is 16.4. The molecule has 6 heteroatoms. The molecule has 2 heterocycles. The van der Waals surface area contributed by atoms with Gasteiger partial charge in [0.2, 0.25) is 0 Å². The SMILES string of the molecule is O=C(O)CCN(Cc1cccnc1)C(=O)N1CCCc2ccccc21. The third-order valence-electron chi connectivity index (χ3n) is 4.30. The van der Waals surface area contributed by atoms with Crippen LogP contribution < -0.4 is 4.90 Å². The molecule has 1 aliphatic heterocycles. The lowest BCUT2D eigenvalue weighted by molar-refractivity contribution is -0.137. The summed E-state index contributed by atoms with van der Waals surface area (Å²) in [4.78, 5) is 31.5. The van der Waals surface area contributed by atoms with Gasteiger partial charge in [-0.3, -0.25) is 14.7 Å². The Balaban J connectivity index is 1.82. The second-order valence-corrected chi connectivity index (χ2v) is 6.09. The van der Waals surface area contributed by atoms with Crippen LogP contribution in [-0.2, 0) is 17.8 Å². The van der Waals surface area contributed by atoms with Crippen LogP contribution in [0.1, 0.15) is 24.0 Å². The highest BCUT2D eigenvalue weighted by molar-refractivity contribution is 5.93. The van der Waals surface area contributed by atoms with E-state index < -0.39 is 5.97 Å². The van der Waals surface area contributed by atoms with Gasteiger partial charge in [0.15, 0.2) is 0 Å². The number of pyridine rings is 1. The fourth-order valence-electron chi connectivity index (χ4n) is 3.09. The summed E-state index contributed by atoms with van der Waals surface area (Å²) in [6.07, 6.45) is 5.15. The summed E-state index contributed by atoms with van der Waals surface area (Å²) in [6.45, 7) is 1.16. The van der Waals surface area contributed by atoms with Crippen molar-refractivity contribution in [3.63, 3.8) is 0 Å². The third-order valence-corrected chi connectivity index (χ3v) is 4.30. The number of aryl methyl sites for hydroxylation is 1. The number of carboxylic acid groups (broad SMARTS) is 1. The minimum atomic E-state index is -0.914. The molecule has 0 unspecified atom stereocenters. The summed E-state index contributed by atoms with van der Waals surface area (Å²) in [7, 11) is 0. The van der Waals surface area contributed by atoms with E-state index in [0.29, 0.717) is 13.1 Å². The summed E-state index contributed by atoms with van der Waals surface area (Å²) in [5, 5.41) is 9.01. The summed E-state index contributed by atoms with van der Waals surface area (Å²) >= 11 is 0. The van der Waals surface area contributed by atoms with Gasteiger partial charge in [0.25, 0.3) is 0 Å². The molecule has 0 radical (unpaired) electrons. The van der Waals surface area contributed by atoms with Crippen LogP contribution in [0, 0.1) is 0 Å². The van der Waals surface area contributed by atoms with Crippen molar-refractivity contribution < 1.29 is 14.7 Å². The van der Waals surface area contributed by atoms with Crippen molar-refractivity contribution in [1.82, 2.24) is 9.88 Å². The molecule has 0 aliphatic carbocycles. The number of carbonyl (C=O) groups excluding carboxylic acids is 1. The summed E-state index contributed by atoms with van der Waals surface area (Å²) in [5.41, 5.74) is 2.96. The number of carbonyl (C=O) groups is 2. The number of hydrogen-bond acceptors (Lipinski definition) is 3. The Hall–Kier alpha value is -2.89. The van der Waals surface area contributed by atoms with Gasteiger partial charge in [-0.15, -0.1) is 0 Å². The smallest absolute Gasteiger partial charge is 0.324 e. The predicted octanol–water partition coefficient (Wildman–Crippen LogP) is 2.93. The van der Waals surface area contributed by atoms with Gasteiger partial charge < -0.3 is 10.0 Å². The normalized spacial score (nSPS) is 13.2.